The van der Waals surface area contributed by atoms with Gasteiger partial charge in [0.1, 0.15) is 0 Å². The maximum absolute atomic E-state index is 12.3. The van der Waals surface area contributed by atoms with Crippen LogP contribution in [0.2, 0.25) is 0 Å². The number of amides is 1. The second-order valence-corrected chi connectivity index (χ2v) is 7.91. The average molecular weight is 396 g/mol. The van der Waals surface area contributed by atoms with Crippen molar-refractivity contribution in [3.63, 3.8) is 0 Å². The van der Waals surface area contributed by atoms with Crippen molar-refractivity contribution < 1.29 is 4.79 Å². The van der Waals surface area contributed by atoms with Crippen LogP contribution in [-0.2, 0) is 4.79 Å². The summed E-state index contributed by atoms with van der Waals surface area (Å²) in [7, 11) is 0. The zero-order valence-electron chi connectivity index (χ0n) is 16.6. The number of aryl methyl sites for hydroxylation is 3. The number of nitrogens with two attached hydrogens (primary N) is 1. The van der Waals surface area contributed by atoms with Crippen LogP contribution in [0, 0.1) is 20.8 Å². The molecule has 6 nitrogen and oxygen atoms in total. The number of nitrogens with zero attached hydrogens (tertiary/aromatic N) is 3. The number of nitrogen functional groups attached to an aromatic ring is 1. The Labute approximate surface area is 169 Å². The highest BCUT2D eigenvalue weighted by Crippen LogP contribution is 2.22. The minimum atomic E-state index is -0.0735. The van der Waals surface area contributed by atoms with Crippen molar-refractivity contribution in [2.75, 3.05) is 11.6 Å². The highest BCUT2D eigenvalue weighted by Gasteiger charge is 2.15. The third-order valence-electron chi connectivity index (χ3n) is 4.72. The molecule has 3 N–H and O–H groups in total. The smallest absolute Gasteiger partial charge is 0.230 e. The fraction of sp³-hybridized carbons (Fsp3) is 0.286. The lowest BCUT2D eigenvalue weighted by Gasteiger charge is -2.15. The third kappa shape index (κ3) is 4.54. The molecule has 0 bridgehead atoms. The molecule has 2 aromatic carbocycles. The molecule has 1 heterocycles. The van der Waals surface area contributed by atoms with Gasteiger partial charge < -0.3 is 11.2 Å². The Morgan fingerprint density at radius 1 is 1.11 bits per heavy atom. The minimum absolute atomic E-state index is 0.0636. The lowest BCUT2D eigenvalue weighted by Crippen LogP contribution is -2.28. The van der Waals surface area contributed by atoms with Gasteiger partial charge in [0.05, 0.1) is 11.8 Å². The van der Waals surface area contributed by atoms with Crippen LogP contribution in [0.5, 0.6) is 0 Å². The van der Waals surface area contributed by atoms with Gasteiger partial charge in [-0.15, -0.1) is 10.2 Å². The summed E-state index contributed by atoms with van der Waals surface area (Å²) in [5, 5.41) is 11.8. The van der Waals surface area contributed by atoms with Gasteiger partial charge in [-0.1, -0.05) is 59.8 Å². The first-order chi connectivity index (χ1) is 13.3. The van der Waals surface area contributed by atoms with Crippen molar-refractivity contribution in [2.24, 2.45) is 0 Å². The van der Waals surface area contributed by atoms with E-state index >= 15 is 0 Å². The quantitative estimate of drug-likeness (QED) is 0.492. The highest BCUT2D eigenvalue weighted by molar-refractivity contribution is 7.99. The van der Waals surface area contributed by atoms with Crippen LogP contribution < -0.4 is 11.2 Å². The molecule has 0 aliphatic heterocycles. The predicted octanol–water partition coefficient (Wildman–Crippen LogP) is 3.55. The van der Waals surface area contributed by atoms with Crippen molar-refractivity contribution in [2.45, 2.75) is 38.9 Å². The van der Waals surface area contributed by atoms with Crippen LogP contribution in [-0.4, -0.2) is 26.5 Å². The Bertz CT molecular complexity index is 981. The molecule has 1 amide bonds. The number of carbonyl (C=O) groups is 1. The Hall–Kier alpha value is -2.80. The van der Waals surface area contributed by atoms with E-state index in [2.05, 4.69) is 41.5 Å². The molecule has 0 fully saturated rings. The number of benzene rings is 2. The summed E-state index contributed by atoms with van der Waals surface area (Å²) >= 11 is 1.27. The second-order valence-electron chi connectivity index (χ2n) is 6.96. The highest BCUT2D eigenvalue weighted by atomic mass is 32.2. The number of aromatic nitrogens is 3. The van der Waals surface area contributed by atoms with Crippen molar-refractivity contribution in [1.29, 1.82) is 0 Å². The topological polar surface area (TPSA) is 85.8 Å². The van der Waals surface area contributed by atoms with Crippen molar-refractivity contribution >= 4 is 17.7 Å². The monoisotopic (exact) mass is 395 g/mol. The number of carbonyl (C=O) groups excluding carboxylic acids is 1. The maximum atomic E-state index is 12.3. The Morgan fingerprint density at radius 3 is 2.50 bits per heavy atom. The van der Waals surface area contributed by atoms with E-state index in [1.807, 2.05) is 44.2 Å². The van der Waals surface area contributed by atoms with Crippen LogP contribution in [0.25, 0.3) is 11.4 Å². The largest absolute Gasteiger partial charge is 0.349 e. The van der Waals surface area contributed by atoms with Gasteiger partial charge in [-0.25, -0.2) is 4.68 Å². The van der Waals surface area contributed by atoms with Gasteiger partial charge in [0, 0.05) is 5.56 Å². The molecule has 0 radical (unpaired) electrons. The first kappa shape index (κ1) is 19.9. The number of thioether (sulfide) groups is 1. The molecule has 7 heteroatoms. The number of nitrogens with one attached hydrogen (secondary N) is 1. The van der Waals surface area contributed by atoms with Gasteiger partial charge in [-0.05, 0) is 44.4 Å². The Kier molecular flexibility index (Phi) is 6.04. The number of hydrogen-bond donors (Lipinski definition) is 2. The number of rotatable bonds is 6. The van der Waals surface area contributed by atoms with E-state index in [9.17, 15) is 4.79 Å². The van der Waals surface area contributed by atoms with E-state index in [1.165, 1.54) is 27.6 Å². The lowest BCUT2D eigenvalue weighted by molar-refractivity contribution is -0.119. The minimum Gasteiger partial charge on any atom is -0.349 e. The fourth-order valence-electron chi connectivity index (χ4n) is 2.81. The molecular formula is C21H25N5OS. The van der Waals surface area contributed by atoms with Gasteiger partial charge in [-0.3, -0.25) is 4.79 Å². The summed E-state index contributed by atoms with van der Waals surface area (Å²) in [5.41, 5.74) is 5.60. The molecule has 0 aliphatic rings. The Morgan fingerprint density at radius 2 is 1.82 bits per heavy atom. The Balaban J connectivity index is 1.60. The lowest BCUT2D eigenvalue weighted by atomic mass is 10.0. The molecule has 0 saturated carbocycles. The van der Waals surface area contributed by atoms with E-state index < -0.39 is 0 Å². The molecule has 146 valence electrons. The predicted molar refractivity (Wildman–Crippen MR) is 114 cm³/mol. The first-order valence-electron chi connectivity index (χ1n) is 9.12. The molecule has 0 spiro atoms. The SMILES string of the molecule is Cc1ccc(-c2nnc(SCC(=O)N[C@H](C)c3ccc(C)c(C)c3)n2N)cc1. The fourth-order valence-corrected chi connectivity index (χ4v) is 3.47. The molecule has 3 aromatic rings. The molecule has 28 heavy (non-hydrogen) atoms. The van der Waals surface area contributed by atoms with Crippen molar-refractivity contribution in [1.82, 2.24) is 20.2 Å². The number of hydrogen-bond acceptors (Lipinski definition) is 5. The van der Waals surface area contributed by atoms with Crippen molar-refractivity contribution in [3.05, 3.63) is 64.7 Å². The van der Waals surface area contributed by atoms with Gasteiger partial charge in [-0.2, -0.15) is 0 Å². The van der Waals surface area contributed by atoms with Gasteiger partial charge >= 0.3 is 0 Å². The summed E-state index contributed by atoms with van der Waals surface area (Å²) in [5.74, 6) is 6.84. The molecule has 1 aromatic heterocycles. The average Bonchev–Trinajstić information content (AvgIpc) is 3.03. The second kappa shape index (κ2) is 8.48. The summed E-state index contributed by atoms with van der Waals surface area (Å²) < 4.78 is 1.43. The van der Waals surface area contributed by atoms with Crippen LogP contribution in [0.4, 0.5) is 0 Å². The van der Waals surface area contributed by atoms with Gasteiger partial charge in [0.15, 0.2) is 5.82 Å². The molecule has 0 unspecified atom stereocenters. The first-order valence-corrected chi connectivity index (χ1v) is 10.1. The zero-order valence-corrected chi connectivity index (χ0v) is 17.4. The summed E-state index contributed by atoms with van der Waals surface area (Å²) in [6.07, 6.45) is 0. The van der Waals surface area contributed by atoms with E-state index in [1.54, 1.807) is 0 Å². The molecule has 1 atom stereocenters. The van der Waals surface area contributed by atoms with Gasteiger partial charge in [0.25, 0.3) is 0 Å². The summed E-state index contributed by atoms with van der Waals surface area (Å²) in [4.78, 5) is 12.3. The van der Waals surface area contributed by atoms with E-state index in [4.69, 9.17) is 5.84 Å². The van der Waals surface area contributed by atoms with Crippen LogP contribution in [0.1, 0.15) is 35.2 Å². The van der Waals surface area contributed by atoms with Gasteiger partial charge in [0.2, 0.25) is 11.1 Å². The molecule has 3 rings (SSSR count). The normalized spacial score (nSPS) is 12.0. The van der Waals surface area contributed by atoms with Crippen LogP contribution in [0.3, 0.4) is 0 Å². The third-order valence-corrected chi connectivity index (χ3v) is 5.66. The standard InChI is InChI=1S/C21H25N5OS/c1-13-5-8-17(9-6-13)20-24-25-21(26(20)22)28-12-19(27)23-16(4)18-10-7-14(2)15(3)11-18/h5-11,16H,12,22H2,1-4H3,(H,23,27)/t16-/m1/s1. The summed E-state index contributed by atoms with van der Waals surface area (Å²) in [6.45, 7) is 8.15. The molecule has 0 aliphatic carbocycles. The zero-order chi connectivity index (χ0) is 20.3. The van der Waals surface area contributed by atoms with E-state index in [0.717, 1.165) is 16.7 Å². The molecule has 0 saturated heterocycles. The molecular weight excluding hydrogens is 370 g/mol. The van der Waals surface area contributed by atoms with Crippen LogP contribution >= 0.6 is 11.8 Å². The maximum Gasteiger partial charge on any atom is 0.230 e. The van der Waals surface area contributed by atoms with Crippen LogP contribution in [0.15, 0.2) is 47.6 Å². The van der Waals surface area contributed by atoms with E-state index in [-0.39, 0.29) is 17.7 Å². The summed E-state index contributed by atoms with van der Waals surface area (Å²) in [6, 6.07) is 14.1. The van der Waals surface area contributed by atoms with E-state index in [0.29, 0.717) is 11.0 Å². The van der Waals surface area contributed by atoms with Crippen molar-refractivity contribution in [3.8, 4) is 11.4 Å².